The van der Waals surface area contributed by atoms with Gasteiger partial charge in [-0.2, -0.15) is 5.10 Å². The minimum absolute atomic E-state index is 0.00931. The predicted octanol–water partition coefficient (Wildman–Crippen LogP) is 1.49. The molecule has 0 aliphatic carbocycles. The highest BCUT2D eigenvalue weighted by Gasteiger charge is 2.18. The number of aromatic amines is 2. The Balaban J connectivity index is 2.33. The summed E-state index contributed by atoms with van der Waals surface area (Å²) in [4.78, 5) is 31.0. The largest absolute Gasteiger partial charge is 0.310 e. The van der Waals surface area contributed by atoms with Crippen LogP contribution in [0.1, 0.15) is 47.3 Å². The van der Waals surface area contributed by atoms with E-state index in [-0.39, 0.29) is 11.5 Å². The number of aromatic nitrogens is 4. The first kappa shape index (κ1) is 14.0. The molecule has 0 atom stereocenters. The highest BCUT2D eigenvalue weighted by atomic mass is 16.2. The molecular weight excluding hydrogens is 258 g/mol. The molecule has 1 amide bonds. The number of carbonyl (C=O) groups excluding carboxylic acids is 1. The van der Waals surface area contributed by atoms with E-state index in [1.165, 1.54) is 0 Å². The molecular formula is C13H17N5O2. The summed E-state index contributed by atoms with van der Waals surface area (Å²) in [5.74, 6) is 0.518. The average Bonchev–Trinajstić information content (AvgIpc) is 2.73. The van der Waals surface area contributed by atoms with Gasteiger partial charge in [-0.1, -0.05) is 13.8 Å². The molecule has 0 saturated heterocycles. The van der Waals surface area contributed by atoms with Gasteiger partial charge in [-0.25, -0.2) is 4.98 Å². The summed E-state index contributed by atoms with van der Waals surface area (Å²) < 4.78 is 0. The summed E-state index contributed by atoms with van der Waals surface area (Å²) in [7, 11) is 0. The van der Waals surface area contributed by atoms with Gasteiger partial charge in [-0.3, -0.25) is 14.7 Å². The highest BCUT2D eigenvalue weighted by molar-refractivity contribution is 6.04. The second-order valence-electron chi connectivity index (χ2n) is 4.96. The topological polar surface area (TPSA) is 104 Å². The Hall–Kier alpha value is -2.44. The van der Waals surface area contributed by atoms with E-state index >= 15 is 0 Å². The average molecular weight is 275 g/mol. The lowest BCUT2D eigenvalue weighted by Gasteiger charge is -2.08. The van der Waals surface area contributed by atoms with Gasteiger partial charge in [0.2, 0.25) is 0 Å². The fraction of sp³-hybridized carbons (Fsp3) is 0.385. The smallest absolute Gasteiger partial charge is 0.264 e. The molecule has 0 bridgehead atoms. The lowest BCUT2D eigenvalue weighted by molar-refractivity contribution is 0.102. The van der Waals surface area contributed by atoms with Crippen molar-refractivity contribution >= 4 is 11.7 Å². The zero-order valence-corrected chi connectivity index (χ0v) is 11.9. The van der Waals surface area contributed by atoms with Crippen molar-refractivity contribution in [1.29, 1.82) is 0 Å². The number of anilines is 1. The third-order valence-corrected chi connectivity index (χ3v) is 2.84. The van der Waals surface area contributed by atoms with Crippen LogP contribution < -0.4 is 10.9 Å². The van der Waals surface area contributed by atoms with Crippen molar-refractivity contribution in [2.45, 2.75) is 33.6 Å². The second-order valence-corrected chi connectivity index (χ2v) is 4.96. The molecule has 0 aliphatic rings. The van der Waals surface area contributed by atoms with Crippen molar-refractivity contribution in [2.24, 2.45) is 0 Å². The van der Waals surface area contributed by atoms with E-state index in [1.807, 2.05) is 20.8 Å². The Labute approximate surface area is 115 Å². The first-order valence-corrected chi connectivity index (χ1v) is 6.32. The number of nitrogens with one attached hydrogen (secondary N) is 3. The van der Waals surface area contributed by atoms with Crippen LogP contribution in [-0.2, 0) is 0 Å². The van der Waals surface area contributed by atoms with Crippen LogP contribution in [0.25, 0.3) is 0 Å². The fourth-order valence-corrected chi connectivity index (χ4v) is 1.81. The van der Waals surface area contributed by atoms with Gasteiger partial charge in [-0.15, -0.1) is 0 Å². The van der Waals surface area contributed by atoms with Crippen LogP contribution in [0, 0.1) is 13.8 Å². The van der Waals surface area contributed by atoms with E-state index in [0.717, 1.165) is 5.69 Å². The molecule has 2 aromatic heterocycles. The van der Waals surface area contributed by atoms with Crippen LogP contribution in [0.3, 0.4) is 0 Å². The number of carbonyl (C=O) groups is 1. The van der Waals surface area contributed by atoms with Crippen LogP contribution >= 0.6 is 0 Å². The van der Waals surface area contributed by atoms with Crippen molar-refractivity contribution in [3.63, 3.8) is 0 Å². The predicted molar refractivity (Wildman–Crippen MR) is 75.0 cm³/mol. The number of amides is 1. The Morgan fingerprint density at radius 2 is 2.05 bits per heavy atom. The maximum Gasteiger partial charge on any atom is 0.264 e. The summed E-state index contributed by atoms with van der Waals surface area (Å²) in [6, 6.07) is 1.68. The number of nitrogens with zero attached hydrogens (tertiary/aromatic N) is 2. The van der Waals surface area contributed by atoms with Gasteiger partial charge >= 0.3 is 0 Å². The fourth-order valence-electron chi connectivity index (χ4n) is 1.81. The van der Waals surface area contributed by atoms with Gasteiger partial charge in [0.25, 0.3) is 11.5 Å². The third-order valence-electron chi connectivity index (χ3n) is 2.84. The van der Waals surface area contributed by atoms with Crippen molar-refractivity contribution < 1.29 is 4.79 Å². The molecule has 2 aromatic rings. The number of H-pyrrole nitrogens is 2. The zero-order valence-electron chi connectivity index (χ0n) is 11.9. The second kappa shape index (κ2) is 5.28. The van der Waals surface area contributed by atoms with Gasteiger partial charge in [0.1, 0.15) is 11.4 Å². The minimum atomic E-state index is -0.516. The van der Waals surface area contributed by atoms with Gasteiger partial charge in [-0.05, 0) is 13.8 Å². The van der Waals surface area contributed by atoms with Crippen LogP contribution in [-0.4, -0.2) is 26.1 Å². The lowest BCUT2D eigenvalue weighted by Crippen LogP contribution is -2.27. The van der Waals surface area contributed by atoms with Gasteiger partial charge in [0.15, 0.2) is 5.82 Å². The van der Waals surface area contributed by atoms with E-state index in [9.17, 15) is 9.59 Å². The first-order valence-electron chi connectivity index (χ1n) is 6.32. The number of hydrogen-bond donors (Lipinski definition) is 3. The Kier molecular flexibility index (Phi) is 3.69. The Morgan fingerprint density at radius 1 is 1.35 bits per heavy atom. The molecule has 2 heterocycles. The molecule has 0 fully saturated rings. The number of rotatable bonds is 3. The maximum absolute atomic E-state index is 12.1. The molecule has 0 aliphatic heterocycles. The summed E-state index contributed by atoms with van der Waals surface area (Å²) >= 11 is 0. The molecule has 106 valence electrons. The summed E-state index contributed by atoms with van der Waals surface area (Å²) in [6.07, 6.45) is 0. The van der Waals surface area contributed by atoms with Crippen LogP contribution in [0.5, 0.6) is 0 Å². The summed E-state index contributed by atoms with van der Waals surface area (Å²) in [6.45, 7) is 7.31. The van der Waals surface area contributed by atoms with Crippen molar-refractivity contribution in [3.05, 3.63) is 39.2 Å². The molecule has 20 heavy (non-hydrogen) atoms. The van der Waals surface area contributed by atoms with E-state index in [4.69, 9.17) is 0 Å². The number of aryl methyl sites for hydroxylation is 2. The van der Waals surface area contributed by atoms with Gasteiger partial charge in [0.05, 0.1) is 5.69 Å². The van der Waals surface area contributed by atoms with Crippen LogP contribution in [0.2, 0.25) is 0 Å². The molecule has 0 radical (unpaired) electrons. The molecule has 0 saturated carbocycles. The lowest BCUT2D eigenvalue weighted by atomic mass is 10.1. The summed E-state index contributed by atoms with van der Waals surface area (Å²) in [5.41, 5.74) is 0.794. The zero-order chi connectivity index (χ0) is 14.9. The molecule has 0 unspecified atom stereocenters. The Morgan fingerprint density at radius 3 is 2.55 bits per heavy atom. The van der Waals surface area contributed by atoms with Gasteiger partial charge in [0, 0.05) is 17.7 Å². The highest BCUT2D eigenvalue weighted by Crippen LogP contribution is 2.10. The van der Waals surface area contributed by atoms with E-state index in [1.54, 1.807) is 13.0 Å². The first-order chi connectivity index (χ1) is 9.38. The standard InChI is InChI=1S/C13H17N5O2/c1-6(2)11-14-8(4)10(13(20)16-11)12(19)15-9-5-7(3)17-18-9/h5-6H,1-4H3,(H,14,16,20)(H2,15,17,18,19). The quantitative estimate of drug-likeness (QED) is 0.789. The third kappa shape index (κ3) is 2.76. The Bertz CT molecular complexity index is 699. The van der Waals surface area contributed by atoms with E-state index in [2.05, 4.69) is 25.5 Å². The molecule has 0 spiro atoms. The SMILES string of the molecule is Cc1cc(NC(=O)c2c(C)nc(C(C)C)[nH]c2=O)n[nH]1. The van der Waals surface area contributed by atoms with Crippen molar-refractivity contribution in [3.8, 4) is 0 Å². The number of hydrogen-bond acceptors (Lipinski definition) is 4. The van der Waals surface area contributed by atoms with Crippen molar-refractivity contribution in [2.75, 3.05) is 5.32 Å². The van der Waals surface area contributed by atoms with Crippen LogP contribution in [0.15, 0.2) is 10.9 Å². The van der Waals surface area contributed by atoms with Crippen molar-refractivity contribution in [1.82, 2.24) is 20.2 Å². The summed E-state index contributed by atoms with van der Waals surface area (Å²) in [5, 5.41) is 9.18. The van der Waals surface area contributed by atoms with E-state index < -0.39 is 11.5 Å². The monoisotopic (exact) mass is 275 g/mol. The van der Waals surface area contributed by atoms with Gasteiger partial charge < -0.3 is 10.3 Å². The maximum atomic E-state index is 12.1. The van der Waals surface area contributed by atoms with E-state index in [0.29, 0.717) is 17.3 Å². The molecule has 0 aromatic carbocycles. The molecule has 2 rings (SSSR count). The van der Waals surface area contributed by atoms with Crippen LogP contribution in [0.4, 0.5) is 5.82 Å². The molecule has 7 heteroatoms. The molecule has 3 N–H and O–H groups in total. The normalized spacial score (nSPS) is 10.8. The molecule has 7 nitrogen and oxygen atoms in total. The minimum Gasteiger partial charge on any atom is -0.310 e.